The summed E-state index contributed by atoms with van der Waals surface area (Å²) in [6.45, 7) is 0. The molecule has 0 radical (unpaired) electrons. The van der Waals surface area contributed by atoms with Crippen molar-refractivity contribution in [2.24, 2.45) is 0 Å². The lowest BCUT2D eigenvalue weighted by Crippen LogP contribution is -2.32. The topological polar surface area (TPSA) is 54.3 Å². The van der Waals surface area contributed by atoms with Gasteiger partial charge in [0, 0.05) is 16.7 Å². The van der Waals surface area contributed by atoms with E-state index in [0.29, 0.717) is 16.5 Å². The van der Waals surface area contributed by atoms with Crippen LogP contribution in [0.5, 0.6) is 0 Å². The predicted molar refractivity (Wildman–Crippen MR) is 119 cm³/mol. The first-order chi connectivity index (χ1) is 14.6. The van der Waals surface area contributed by atoms with Crippen LogP contribution >= 0.6 is 35.4 Å². The number of alkyl halides is 3. The number of halogens is 5. The van der Waals surface area contributed by atoms with Crippen LogP contribution in [0.2, 0.25) is 10.0 Å². The van der Waals surface area contributed by atoms with Crippen LogP contribution in [0.1, 0.15) is 11.3 Å². The second kappa shape index (κ2) is 9.55. The second-order valence-electron chi connectivity index (χ2n) is 6.18. The number of hydrogen-bond acceptors (Lipinski definition) is 3. The van der Waals surface area contributed by atoms with E-state index in [0.717, 1.165) is 23.8 Å². The molecule has 1 aromatic heterocycles. The Hall–Kier alpha value is -2.81. The minimum absolute atomic E-state index is 0.127. The molecule has 0 bridgehead atoms. The predicted octanol–water partition coefficient (Wildman–Crippen LogP) is 6.80. The maximum atomic E-state index is 12.7. The van der Waals surface area contributed by atoms with Gasteiger partial charge >= 0.3 is 6.18 Å². The third kappa shape index (κ3) is 6.33. The van der Waals surface area contributed by atoms with Gasteiger partial charge in [0.25, 0.3) is 0 Å². The third-order valence-corrected chi connectivity index (χ3v) is 4.70. The first-order valence-corrected chi connectivity index (χ1v) is 9.81. The molecule has 0 saturated heterocycles. The van der Waals surface area contributed by atoms with E-state index in [9.17, 15) is 18.0 Å². The zero-order chi connectivity index (χ0) is 22.6. The van der Waals surface area contributed by atoms with Crippen molar-refractivity contribution in [3.05, 3.63) is 82.0 Å². The van der Waals surface area contributed by atoms with Gasteiger partial charge in [0.15, 0.2) is 5.11 Å². The lowest BCUT2D eigenvalue weighted by Gasteiger charge is -2.12. The van der Waals surface area contributed by atoms with Gasteiger partial charge in [-0.2, -0.15) is 13.2 Å². The van der Waals surface area contributed by atoms with Crippen LogP contribution < -0.4 is 10.6 Å². The molecular formula is C21H13Cl2F3N2O2S. The first-order valence-electron chi connectivity index (χ1n) is 8.64. The number of benzene rings is 2. The number of carbonyl (C=O) groups is 1. The number of carbonyl (C=O) groups excluding carboxylic acids is 1. The number of amides is 1. The summed E-state index contributed by atoms with van der Waals surface area (Å²) in [6, 6.07) is 13.3. The quantitative estimate of drug-likeness (QED) is 0.315. The van der Waals surface area contributed by atoms with Crippen molar-refractivity contribution >= 4 is 58.2 Å². The van der Waals surface area contributed by atoms with Gasteiger partial charge in [-0.1, -0.05) is 23.2 Å². The van der Waals surface area contributed by atoms with Gasteiger partial charge < -0.3 is 9.73 Å². The fourth-order valence-corrected chi connectivity index (χ4v) is 3.03. The summed E-state index contributed by atoms with van der Waals surface area (Å²) in [7, 11) is 0. The van der Waals surface area contributed by atoms with E-state index in [-0.39, 0.29) is 15.8 Å². The van der Waals surface area contributed by atoms with Crippen molar-refractivity contribution in [1.29, 1.82) is 0 Å². The van der Waals surface area contributed by atoms with E-state index < -0.39 is 17.6 Å². The summed E-state index contributed by atoms with van der Waals surface area (Å²) in [5, 5.41) is 5.24. The Morgan fingerprint density at radius 2 is 1.74 bits per heavy atom. The summed E-state index contributed by atoms with van der Waals surface area (Å²) in [5.41, 5.74) is 0.0623. The van der Waals surface area contributed by atoms with Gasteiger partial charge in [-0.05, 0) is 72.9 Å². The monoisotopic (exact) mass is 484 g/mol. The van der Waals surface area contributed by atoms with E-state index in [1.165, 1.54) is 12.2 Å². The zero-order valence-corrected chi connectivity index (χ0v) is 17.8. The lowest BCUT2D eigenvalue weighted by molar-refractivity contribution is -0.137. The van der Waals surface area contributed by atoms with Crippen molar-refractivity contribution < 1.29 is 22.4 Å². The van der Waals surface area contributed by atoms with Crippen LogP contribution in [0.4, 0.5) is 18.9 Å². The Morgan fingerprint density at radius 3 is 2.39 bits per heavy atom. The van der Waals surface area contributed by atoms with Gasteiger partial charge in [0.05, 0.1) is 16.3 Å². The molecule has 2 N–H and O–H groups in total. The standard InChI is InChI=1S/C21H13Cl2F3N2O2S/c22-14-4-1-12(2-5-14)18-9-6-15(30-18)7-10-19(29)28-20(31)27-17-8-3-13(11-16(17)23)21(24,25)26/h1-11H,(H2,27,28,29,31)/b10-7+. The van der Waals surface area contributed by atoms with Crippen molar-refractivity contribution in [3.63, 3.8) is 0 Å². The van der Waals surface area contributed by atoms with Gasteiger partial charge in [-0.25, -0.2) is 0 Å². The molecule has 0 atom stereocenters. The van der Waals surface area contributed by atoms with Crippen molar-refractivity contribution in [3.8, 4) is 11.3 Å². The molecule has 10 heteroatoms. The number of thiocarbonyl (C=S) groups is 1. The van der Waals surface area contributed by atoms with Crippen molar-refractivity contribution in [2.75, 3.05) is 5.32 Å². The molecule has 0 unspecified atom stereocenters. The van der Waals surface area contributed by atoms with E-state index in [2.05, 4.69) is 10.6 Å². The minimum atomic E-state index is -4.51. The Labute approximate surface area is 190 Å². The molecule has 0 saturated carbocycles. The van der Waals surface area contributed by atoms with Gasteiger partial charge in [-0.15, -0.1) is 0 Å². The van der Waals surface area contributed by atoms with Crippen molar-refractivity contribution in [2.45, 2.75) is 6.18 Å². The summed E-state index contributed by atoms with van der Waals surface area (Å²) >= 11 is 16.7. The Kier molecular flexibility index (Phi) is 7.04. The molecular weight excluding hydrogens is 472 g/mol. The van der Waals surface area contributed by atoms with Crippen LogP contribution in [0, 0.1) is 0 Å². The Morgan fingerprint density at radius 1 is 1.03 bits per heavy atom. The highest BCUT2D eigenvalue weighted by Gasteiger charge is 2.30. The Bertz CT molecular complexity index is 1140. The molecule has 4 nitrogen and oxygen atoms in total. The SMILES string of the molecule is O=C(/C=C/c1ccc(-c2ccc(Cl)cc2)o1)NC(=S)Nc1ccc(C(F)(F)F)cc1Cl. The number of nitrogens with one attached hydrogen (secondary N) is 2. The lowest BCUT2D eigenvalue weighted by atomic mass is 10.2. The average Bonchev–Trinajstić information content (AvgIpc) is 3.17. The molecule has 3 aromatic rings. The summed E-state index contributed by atoms with van der Waals surface area (Å²) < 4.78 is 43.7. The van der Waals surface area contributed by atoms with Crippen LogP contribution in [-0.4, -0.2) is 11.0 Å². The molecule has 0 spiro atoms. The van der Waals surface area contributed by atoms with Crippen LogP contribution in [0.25, 0.3) is 17.4 Å². The molecule has 31 heavy (non-hydrogen) atoms. The van der Waals surface area contributed by atoms with Gasteiger partial charge in [0.2, 0.25) is 5.91 Å². The zero-order valence-electron chi connectivity index (χ0n) is 15.5. The normalized spacial score (nSPS) is 11.5. The minimum Gasteiger partial charge on any atom is -0.457 e. The number of hydrogen-bond donors (Lipinski definition) is 2. The van der Waals surface area contributed by atoms with Crippen LogP contribution in [0.15, 0.2) is 65.1 Å². The van der Waals surface area contributed by atoms with Gasteiger partial charge in [0.1, 0.15) is 11.5 Å². The summed E-state index contributed by atoms with van der Waals surface area (Å²) in [6.07, 6.45) is -1.86. The molecule has 1 amide bonds. The van der Waals surface area contributed by atoms with Crippen LogP contribution in [-0.2, 0) is 11.0 Å². The largest absolute Gasteiger partial charge is 0.457 e. The Balaban J connectivity index is 1.58. The number of rotatable bonds is 4. The highest BCUT2D eigenvalue weighted by Crippen LogP contribution is 2.33. The summed E-state index contributed by atoms with van der Waals surface area (Å²) in [4.78, 5) is 12.0. The first kappa shape index (κ1) is 22.9. The van der Waals surface area contributed by atoms with E-state index in [4.69, 9.17) is 39.8 Å². The molecule has 1 heterocycles. The smallest absolute Gasteiger partial charge is 0.416 e. The van der Waals surface area contributed by atoms with Crippen LogP contribution in [0.3, 0.4) is 0 Å². The molecule has 0 fully saturated rings. The molecule has 2 aromatic carbocycles. The molecule has 3 rings (SSSR count). The molecule has 0 aliphatic carbocycles. The highest BCUT2D eigenvalue weighted by molar-refractivity contribution is 7.80. The maximum Gasteiger partial charge on any atom is 0.416 e. The number of furan rings is 1. The van der Waals surface area contributed by atoms with Crippen molar-refractivity contribution in [1.82, 2.24) is 5.32 Å². The average molecular weight is 485 g/mol. The molecule has 0 aliphatic rings. The maximum absolute atomic E-state index is 12.7. The molecule has 0 aliphatic heterocycles. The van der Waals surface area contributed by atoms with E-state index in [1.807, 2.05) is 0 Å². The second-order valence-corrected chi connectivity index (χ2v) is 7.43. The van der Waals surface area contributed by atoms with E-state index >= 15 is 0 Å². The third-order valence-electron chi connectivity index (χ3n) is 3.94. The number of anilines is 1. The molecule has 160 valence electrons. The van der Waals surface area contributed by atoms with E-state index in [1.54, 1.807) is 36.4 Å². The highest BCUT2D eigenvalue weighted by atomic mass is 35.5. The van der Waals surface area contributed by atoms with Gasteiger partial charge in [-0.3, -0.25) is 10.1 Å². The fourth-order valence-electron chi connectivity index (χ4n) is 2.47. The fraction of sp³-hybridized carbons (Fsp3) is 0.0476. The summed E-state index contributed by atoms with van der Waals surface area (Å²) in [5.74, 6) is 0.473.